The van der Waals surface area contributed by atoms with Crippen LogP contribution in [0.4, 0.5) is 0 Å². The molecule has 0 unspecified atom stereocenters. The third-order valence-electron chi connectivity index (χ3n) is 2.53. The van der Waals surface area contributed by atoms with E-state index in [1.807, 2.05) is 12.1 Å². The van der Waals surface area contributed by atoms with E-state index >= 15 is 0 Å². The molecule has 2 N–H and O–H groups in total. The van der Waals surface area contributed by atoms with Crippen molar-refractivity contribution in [2.75, 3.05) is 6.54 Å². The molecule has 0 radical (unpaired) electrons. The van der Waals surface area contributed by atoms with Crippen molar-refractivity contribution < 1.29 is 14.7 Å². The Kier molecular flexibility index (Phi) is 4.70. The Morgan fingerprint density at radius 1 is 1.30 bits per heavy atom. The van der Waals surface area contributed by atoms with Gasteiger partial charge in [-0.1, -0.05) is 23.7 Å². The van der Waals surface area contributed by atoms with Gasteiger partial charge in [-0.05, 0) is 24.1 Å². The van der Waals surface area contributed by atoms with Gasteiger partial charge in [0.1, 0.15) is 0 Å². The number of rotatable bonds is 5. The van der Waals surface area contributed by atoms with Crippen LogP contribution >= 0.6 is 22.9 Å². The molecule has 0 aliphatic carbocycles. The zero-order valence-corrected chi connectivity index (χ0v) is 11.9. The number of carbonyl (C=O) groups is 2. The van der Waals surface area contributed by atoms with E-state index in [-0.39, 0.29) is 16.6 Å². The molecule has 0 bridgehead atoms. The van der Waals surface area contributed by atoms with Gasteiger partial charge < -0.3 is 10.4 Å². The molecule has 0 aliphatic rings. The number of aromatic carboxylic acids is 1. The summed E-state index contributed by atoms with van der Waals surface area (Å²) < 4.78 is 0. The molecule has 0 fully saturated rings. The third kappa shape index (κ3) is 3.79. The van der Waals surface area contributed by atoms with Gasteiger partial charge in [0.15, 0.2) is 10.7 Å². The van der Waals surface area contributed by atoms with Crippen LogP contribution in [-0.4, -0.2) is 28.5 Å². The van der Waals surface area contributed by atoms with Crippen LogP contribution in [0.5, 0.6) is 0 Å². The van der Waals surface area contributed by atoms with Crippen molar-refractivity contribution in [3.63, 3.8) is 0 Å². The largest absolute Gasteiger partial charge is 0.476 e. The lowest BCUT2D eigenvalue weighted by molar-refractivity contribution is 0.0691. The molecule has 2 aromatic rings. The number of thiazole rings is 1. The molecule has 5 nitrogen and oxygen atoms in total. The Hall–Kier alpha value is -1.92. The van der Waals surface area contributed by atoms with E-state index in [1.54, 1.807) is 12.1 Å². The zero-order chi connectivity index (χ0) is 14.5. The van der Waals surface area contributed by atoms with Gasteiger partial charge in [-0.25, -0.2) is 9.78 Å². The van der Waals surface area contributed by atoms with Crippen molar-refractivity contribution in [2.45, 2.75) is 6.42 Å². The first kappa shape index (κ1) is 14.5. The van der Waals surface area contributed by atoms with E-state index in [0.29, 0.717) is 18.0 Å². The quantitative estimate of drug-likeness (QED) is 0.889. The van der Waals surface area contributed by atoms with E-state index in [4.69, 9.17) is 16.7 Å². The molecular weight excluding hydrogens is 300 g/mol. The second kappa shape index (κ2) is 6.49. The van der Waals surface area contributed by atoms with Crippen LogP contribution in [0.3, 0.4) is 0 Å². The molecule has 1 aromatic heterocycles. The number of nitrogens with zero attached hydrogens (tertiary/aromatic N) is 1. The average Bonchev–Trinajstić information content (AvgIpc) is 2.91. The highest BCUT2D eigenvalue weighted by Gasteiger charge is 2.14. The maximum absolute atomic E-state index is 11.7. The zero-order valence-electron chi connectivity index (χ0n) is 10.3. The number of benzene rings is 1. The van der Waals surface area contributed by atoms with Crippen LogP contribution in [0, 0.1) is 0 Å². The second-order valence-corrected chi connectivity index (χ2v) is 5.27. The number of carboxylic acid groups (broad SMARTS) is 1. The maximum Gasteiger partial charge on any atom is 0.355 e. The van der Waals surface area contributed by atoms with Gasteiger partial charge in [-0.3, -0.25) is 4.79 Å². The lowest BCUT2D eigenvalue weighted by atomic mass is 10.1. The Morgan fingerprint density at radius 3 is 2.60 bits per heavy atom. The maximum atomic E-state index is 11.7. The summed E-state index contributed by atoms with van der Waals surface area (Å²) in [7, 11) is 0. The van der Waals surface area contributed by atoms with Gasteiger partial charge >= 0.3 is 5.97 Å². The fourth-order valence-electron chi connectivity index (χ4n) is 1.52. The van der Waals surface area contributed by atoms with E-state index in [9.17, 15) is 9.59 Å². The lowest BCUT2D eigenvalue weighted by Gasteiger charge is -2.03. The highest BCUT2D eigenvalue weighted by atomic mass is 35.5. The smallest absolute Gasteiger partial charge is 0.355 e. The first-order valence-electron chi connectivity index (χ1n) is 5.78. The molecule has 1 amide bonds. The Balaban J connectivity index is 1.85. The monoisotopic (exact) mass is 310 g/mol. The average molecular weight is 311 g/mol. The number of halogens is 1. The van der Waals surface area contributed by atoms with Crippen LogP contribution < -0.4 is 5.32 Å². The molecule has 0 saturated carbocycles. The van der Waals surface area contributed by atoms with Gasteiger partial charge in [0, 0.05) is 16.9 Å². The Morgan fingerprint density at radius 2 is 2.00 bits per heavy atom. The predicted molar refractivity (Wildman–Crippen MR) is 76.6 cm³/mol. The summed E-state index contributed by atoms with van der Waals surface area (Å²) in [6, 6.07) is 7.36. The fourth-order valence-corrected chi connectivity index (χ4v) is 2.36. The van der Waals surface area contributed by atoms with Crippen LogP contribution in [0.2, 0.25) is 5.02 Å². The molecule has 0 saturated heterocycles. The molecule has 7 heteroatoms. The van der Waals surface area contributed by atoms with Gasteiger partial charge in [0.2, 0.25) is 0 Å². The SMILES string of the molecule is O=C(O)c1csc(C(=O)NCCc2ccc(Cl)cc2)n1. The molecule has 1 heterocycles. The summed E-state index contributed by atoms with van der Waals surface area (Å²) in [5, 5.41) is 13.6. The minimum atomic E-state index is -1.14. The summed E-state index contributed by atoms with van der Waals surface area (Å²) in [5.74, 6) is -1.50. The molecule has 0 spiro atoms. The van der Waals surface area contributed by atoms with Gasteiger partial charge in [0.05, 0.1) is 0 Å². The highest BCUT2D eigenvalue weighted by molar-refractivity contribution is 7.11. The van der Waals surface area contributed by atoms with Crippen molar-refractivity contribution in [3.05, 3.63) is 50.9 Å². The molecule has 20 heavy (non-hydrogen) atoms. The van der Waals surface area contributed by atoms with Crippen LogP contribution in [-0.2, 0) is 6.42 Å². The van der Waals surface area contributed by atoms with E-state index in [2.05, 4.69) is 10.3 Å². The highest BCUT2D eigenvalue weighted by Crippen LogP contribution is 2.11. The van der Waals surface area contributed by atoms with Crippen LogP contribution in [0.15, 0.2) is 29.6 Å². The first-order chi connectivity index (χ1) is 9.56. The van der Waals surface area contributed by atoms with Gasteiger partial charge in [-0.15, -0.1) is 11.3 Å². The standard InChI is InChI=1S/C13H11ClN2O3S/c14-9-3-1-8(2-4-9)5-6-15-11(17)12-16-10(7-20-12)13(18)19/h1-4,7H,5-6H2,(H,15,17)(H,18,19). The summed E-state index contributed by atoms with van der Waals surface area (Å²) in [5.41, 5.74) is 0.943. The summed E-state index contributed by atoms with van der Waals surface area (Å²) >= 11 is 6.79. The van der Waals surface area contributed by atoms with Crippen molar-refractivity contribution in [2.24, 2.45) is 0 Å². The van der Waals surface area contributed by atoms with E-state index in [0.717, 1.165) is 16.9 Å². The molecule has 2 rings (SSSR count). The number of carboxylic acids is 1. The first-order valence-corrected chi connectivity index (χ1v) is 7.03. The number of amides is 1. The predicted octanol–water partition coefficient (Wildman–Crippen LogP) is 2.47. The van der Waals surface area contributed by atoms with Gasteiger partial charge in [0.25, 0.3) is 5.91 Å². The van der Waals surface area contributed by atoms with Crippen molar-refractivity contribution in [3.8, 4) is 0 Å². The van der Waals surface area contributed by atoms with E-state index < -0.39 is 5.97 Å². The van der Waals surface area contributed by atoms with Crippen molar-refractivity contribution >= 4 is 34.8 Å². The fraction of sp³-hybridized carbons (Fsp3) is 0.154. The summed E-state index contributed by atoms with van der Waals surface area (Å²) in [6.45, 7) is 0.447. The second-order valence-electron chi connectivity index (χ2n) is 3.98. The Labute approximate surface area is 124 Å². The molecule has 1 aromatic carbocycles. The van der Waals surface area contributed by atoms with Crippen molar-refractivity contribution in [1.82, 2.24) is 10.3 Å². The Bertz CT molecular complexity index is 625. The minimum Gasteiger partial charge on any atom is -0.476 e. The lowest BCUT2D eigenvalue weighted by Crippen LogP contribution is -2.25. The number of nitrogens with one attached hydrogen (secondary N) is 1. The molecular formula is C13H11ClN2O3S. The third-order valence-corrected chi connectivity index (χ3v) is 3.62. The molecule has 0 aliphatic heterocycles. The number of carbonyl (C=O) groups excluding carboxylic acids is 1. The summed E-state index contributed by atoms with van der Waals surface area (Å²) in [6.07, 6.45) is 0.667. The molecule has 104 valence electrons. The minimum absolute atomic E-state index is 0.113. The number of aromatic nitrogens is 1. The molecule has 0 atom stereocenters. The normalized spacial score (nSPS) is 10.2. The van der Waals surface area contributed by atoms with Crippen molar-refractivity contribution in [1.29, 1.82) is 0 Å². The van der Waals surface area contributed by atoms with Crippen LogP contribution in [0.1, 0.15) is 25.9 Å². The summed E-state index contributed by atoms with van der Waals surface area (Å²) in [4.78, 5) is 26.1. The van der Waals surface area contributed by atoms with E-state index in [1.165, 1.54) is 5.38 Å². The topological polar surface area (TPSA) is 79.3 Å². The van der Waals surface area contributed by atoms with Gasteiger partial charge in [-0.2, -0.15) is 0 Å². The number of hydrogen-bond acceptors (Lipinski definition) is 4. The van der Waals surface area contributed by atoms with Crippen LogP contribution in [0.25, 0.3) is 0 Å². The number of hydrogen-bond donors (Lipinski definition) is 2.